The summed E-state index contributed by atoms with van der Waals surface area (Å²) in [7, 11) is 0. The molecule has 0 aromatic carbocycles. The fourth-order valence-electron chi connectivity index (χ4n) is 2.56. The van der Waals surface area contributed by atoms with E-state index in [1.165, 1.54) is 5.56 Å². The number of rotatable bonds is 4. The number of carbonyl (C=O) groups excluding carboxylic acids is 1. The Labute approximate surface area is 138 Å². The topological polar surface area (TPSA) is 36.4 Å². The second-order valence-electron chi connectivity index (χ2n) is 6.78. The van der Waals surface area contributed by atoms with E-state index in [2.05, 4.69) is 43.6 Å². The normalized spacial score (nSPS) is 18.3. The van der Waals surface area contributed by atoms with Gasteiger partial charge in [0, 0.05) is 49.4 Å². The number of aromatic nitrogens is 1. The van der Waals surface area contributed by atoms with Gasteiger partial charge in [-0.2, -0.15) is 0 Å². The monoisotopic (exact) mass is 321 g/mol. The first-order chi connectivity index (χ1) is 10.4. The predicted octanol–water partition coefficient (Wildman–Crippen LogP) is 2.82. The highest BCUT2D eigenvalue weighted by molar-refractivity contribution is 8.01. The van der Waals surface area contributed by atoms with Gasteiger partial charge in [-0.05, 0) is 18.6 Å². The first-order valence-electron chi connectivity index (χ1n) is 7.92. The molecule has 5 heteroatoms. The van der Waals surface area contributed by atoms with E-state index in [4.69, 9.17) is 0 Å². The minimum absolute atomic E-state index is 0.145. The highest BCUT2D eigenvalue weighted by Gasteiger charge is 2.25. The van der Waals surface area contributed by atoms with Gasteiger partial charge in [0.15, 0.2) is 0 Å². The van der Waals surface area contributed by atoms with Crippen molar-refractivity contribution in [3.8, 4) is 0 Å². The van der Waals surface area contributed by atoms with E-state index in [0.717, 1.165) is 26.2 Å². The molecule has 2 rings (SSSR count). The van der Waals surface area contributed by atoms with E-state index < -0.39 is 0 Å². The molecule has 1 aliphatic heterocycles. The number of hydrogen-bond donors (Lipinski definition) is 0. The summed E-state index contributed by atoms with van der Waals surface area (Å²) in [5.74, 6) is 0.857. The van der Waals surface area contributed by atoms with Gasteiger partial charge in [-0.15, -0.1) is 11.8 Å². The smallest absolute Gasteiger partial charge is 0.232 e. The maximum Gasteiger partial charge on any atom is 0.232 e. The van der Waals surface area contributed by atoms with Gasteiger partial charge in [0.1, 0.15) is 0 Å². The van der Waals surface area contributed by atoms with E-state index in [1.807, 2.05) is 17.2 Å². The number of pyridine rings is 1. The van der Waals surface area contributed by atoms with Crippen LogP contribution in [0.15, 0.2) is 24.5 Å². The zero-order valence-electron chi connectivity index (χ0n) is 14.1. The molecule has 0 radical (unpaired) electrons. The summed E-state index contributed by atoms with van der Waals surface area (Å²) >= 11 is 1.73. The molecular formula is C17H27N3OS. The van der Waals surface area contributed by atoms with E-state index in [0.29, 0.717) is 11.8 Å². The zero-order valence-corrected chi connectivity index (χ0v) is 14.9. The Hall–Kier alpha value is -1.07. The van der Waals surface area contributed by atoms with Crippen molar-refractivity contribution in [2.24, 2.45) is 0 Å². The molecule has 0 aliphatic carbocycles. The summed E-state index contributed by atoms with van der Waals surface area (Å²) in [6.45, 7) is 12.2. The standard InChI is InChI=1S/C17H27N3OS/c1-14(15-6-5-7-18-12-15)19-8-10-20(11-9-19)16(21)13-22-17(2,3)4/h5-7,12,14H,8-11,13H2,1-4H3. The van der Waals surface area contributed by atoms with Gasteiger partial charge in [0.2, 0.25) is 5.91 Å². The van der Waals surface area contributed by atoms with Crippen molar-refractivity contribution < 1.29 is 4.79 Å². The maximum atomic E-state index is 12.3. The summed E-state index contributed by atoms with van der Waals surface area (Å²) in [5.41, 5.74) is 1.24. The van der Waals surface area contributed by atoms with Crippen molar-refractivity contribution in [1.29, 1.82) is 0 Å². The van der Waals surface area contributed by atoms with Crippen molar-refractivity contribution in [1.82, 2.24) is 14.8 Å². The van der Waals surface area contributed by atoms with Gasteiger partial charge in [-0.3, -0.25) is 14.7 Å². The Morgan fingerprint density at radius 2 is 2.00 bits per heavy atom. The number of carbonyl (C=O) groups is 1. The summed E-state index contributed by atoms with van der Waals surface area (Å²) in [5, 5.41) is 0. The molecular weight excluding hydrogens is 294 g/mol. The number of amides is 1. The van der Waals surface area contributed by atoms with Crippen LogP contribution in [0.5, 0.6) is 0 Å². The third-order valence-corrected chi connectivity index (χ3v) is 5.27. The van der Waals surface area contributed by atoms with Crippen molar-refractivity contribution >= 4 is 17.7 Å². The van der Waals surface area contributed by atoms with Gasteiger partial charge in [-0.1, -0.05) is 26.8 Å². The summed E-state index contributed by atoms with van der Waals surface area (Å²) in [6, 6.07) is 4.46. The van der Waals surface area contributed by atoms with E-state index in [-0.39, 0.29) is 10.7 Å². The Morgan fingerprint density at radius 3 is 2.55 bits per heavy atom. The summed E-state index contributed by atoms with van der Waals surface area (Å²) in [4.78, 5) is 20.9. The Morgan fingerprint density at radius 1 is 1.32 bits per heavy atom. The van der Waals surface area contributed by atoms with Crippen LogP contribution in [-0.2, 0) is 4.79 Å². The van der Waals surface area contributed by atoms with Crippen LogP contribution < -0.4 is 0 Å². The van der Waals surface area contributed by atoms with Crippen molar-refractivity contribution in [2.75, 3.05) is 31.9 Å². The van der Waals surface area contributed by atoms with Gasteiger partial charge in [-0.25, -0.2) is 0 Å². The van der Waals surface area contributed by atoms with Crippen molar-refractivity contribution in [3.05, 3.63) is 30.1 Å². The molecule has 1 unspecified atom stereocenters. The van der Waals surface area contributed by atoms with Gasteiger partial charge in [0.05, 0.1) is 5.75 Å². The minimum atomic E-state index is 0.145. The predicted molar refractivity (Wildman–Crippen MR) is 93.0 cm³/mol. The van der Waals surface area contributed by atoms with Gasteiger partial charge >= 0.3 is 0 Å². The molecule has 122 valence electrons. The van der Waals surface area contributed by atoms with Crippen LogP contribution in [0.4, 0.5) is 0 Å². The van der Waals surface area contributed by atoms with E-state index in [9.17, 15) is 4.79 Å². The van der Waals surface area contributed by atoms with Crippen LogP contribution in [0.2, 0.25) is 0 Å². The second-order valence-corrected chi connectivity index (χ2v) is 8.58. The average molecular weight is 321 g/mol. The summed E-state index contributed by atoms with van der Waals surface area (Å²) < 4.78 is 0.145. The maximum absolute atomic E-state index is 12.3. The molecule has 2 heterocycles. The fourth-order valence-corrected chi connectivity index (χ4v) is 3.30. The molecule has 0 spiro atoms. The van der Waals surface area contributed by atoms with Crippen LogP contribution in [0.1, 0.15) is 39.3 Å². The number of piperazine rings is 1. The SMILES string of the molecule is CC(c1cccnc1)N1CCN(C(=O)CSC(C)(C)C)CC1. The largest absolute Gasteiger partial charge is 0.339 e. The van der Waals surface area contributed by atoms with Crippen LogP contribution in [0.25, 0.3) is 0 Å². The second kappa shape index (κ2) is 7.47. The zero-order chi connectivity index (χ0) is 16.2. The molecule has 1 fully saturated rings. The quantitative estimate of drug-likeness (QED) is 0.854. The average Bonchev–Trinajstić information content (AvgIpc) is 2.52. The van der Waals surface area contributed by atoms with Crippen LogP contribution in [0.3, 0.4) is 0 Å². The molecule has 1 amide bonds. The Balaban J connectivity index is 1.81. The Bertz CT molecular complexity index is 478. The Kier molecular flexibility index (Phi) is 5.87. The molecule has 0 bridgehead atoms. The van der Waals surface area contributed by atoms with E-state index in [1.54, 1.807) is 18.0 Å². The molecule has 4 nitrogen and oxygen atoms in total. The highest BCUT2D eigenvalue weighted by atomic mass is 32.2. The molecule has 1 saturated heterocycles. The van der Waals surface area contributed by atoms with Gasteiger partial charge < -0.3 is 4.90 Å². The molecule has 1 aliphatic rings. The molecule has 0 N–H and O–H groups in total. The van der Waals surface area contributed by atoms with Crippen LogP contribution >= 0.6 is 11.8 Å². The molecule has 22 heavy (non-hydrogen) atoms. The van der Waals surface area contributed by atoms with Crippen LogP contribution in [0, 0.1) is 0 Å². The number of hydrogen-bond acceptors (Lipinski definition) is 4. The fraction of sp³-hybridized carbons (Fsp3) is 0.647. The summed E-state index contributed by atoms with van der Waals surface area (Å²) in [6.07, 6.45) is 3.74. The lowest BCUT2D eigenvalue weighted by molar-refractivity contribution is -0.130. The third kappa shape index (κ3) is 4.99. The lowest BCUT2D eigenvalue weighted by Crippen LogP contribution is -2.49. The lowest BCUT2D eigenvalue weighted by Gasteiger charge is -2.38. The first kappa shape index (κ1) is 17.3. The number of thioether (sulfide) groups is 1. The third-order valence-electron chi connectivity index (χ3n) is 4.01. The molecule has 1 aromatic rings. The van der Waals surface area contributed by atoms with E-state index >= 15 is 0 Å². The first-order valence-corrected chi connectivity index (χ1v) is 8.91. The minimum Gasteiger partial charge on any atom is -0.339 e. The molecule has 1 aromatic heterocycles. The van der Waals surface area contributed by atoms with Crippen LogP contribution in [-0.4, -0.2) is 57.4 Å². The molecule has 1 atom stereocenters. The number of nitrogens with zero attached hydrogens (tertiary/aromatic N) is 3. The molecule has 0 saturated carbocycles. The van der Waals surface area contributed by atoms with Gasteiger partial charge in [0.25, 0.3) is 0 Å². The highest BCUT2D eigenvalue weighted by Crippen LogP contribution is 2.24. The van der Waals surface area contributed by atoms with Crippen molar-refractivity contribution in [2.45, 2.75) is 38.5 Å². The lowest BCUT2D eigenvalue weighted by atomic mass is 10.1. The van der Waals surface area contributed by atoms with Crippen molar-refractivity contribution in [3.63, 3.8) is 0 Å².